The monoisotopic (exact) mass is 347 g/mol. The van der Waals surface area contributed by atoms with E-state index < -0.39 is 5.82 Å². The first kappa shape index (κ1) is 17.5. The Balaban J connectivity index is 1.73. The summed E-state index contributed by atoms with van der Waals surface area (Å²) in [5.74, 6) is -0.565. The number of carbonyl (C=O) groups excluding carboxylic acids is 1. The molecule has 134 valence electrons. The third kappa shape index (κ3) is 4.42. The quantitative estimate of drug-likeness (QED) is 0.802. The van der Waals surface area contributed by atoms with Crippen LogP contribution in [0.15, 0.2) is 28.8 Å². The maximum absolute atomic E-state index is 13.3. The highest BCUT2D eigenvalue weighted by atomic mass is 19.1. The van der Waals surface area contributed by atoms with Crippen LogP contribution in [0.2, 0.25) is 0 Å². The van der Waals surface area contributed by atoms with Crippen molar-refractivity contribution < 1.29 is 18.4 Å². The normalized spacial score (nSPS) is 17.4. The van der Waals surface area contributed by atoms with Crippen LogP contribution in [0.25, 0.3) is 11.5 Å². The van der Waals surface area contributed by atoms with Gasteiger partial charge in [0, 0.05) is 25.3 Å². The molecule has 0 spiro atoms. The van der Waals surface area contributed by atoms with Gasteiger partial charge in [-0.3, -0.25) is 4.79 Å². The largest absolute Gasteiger partial charge is 0.376 e. The van der Waals surface area contributed by atoms with Gasteiger partial charge in [0.1, 0.15) is 5.82 Å². The second kappa shape index (κ2) is 8.20. The fourth-order valence-corrected chi connectivity index (χ4v) is 2.93. The number of nitrogens with zero attached hydrogens (tertiary/aromatic N) is 3. The number of benzene rings is 1. The van der Waals surface area contributed by atoms with Crippen LogP contribution >= 0.6 is 0 Å². The Morgan fingerprint density at radius 3 is 3.00 bits per heavy atom. The van der Waals surface area contributed by atoms with Gasteiger partial charge < -0.3 is 14.2 Å². The summed E-state index contributed by atoms with van der Waals surface area (Å²) >= 11 is 0. The lowest BCUT2D eigenvalue weighted by Gasteiger charge is -2.29. The summed E-state index contributed by atoms with van der Waals surface area (Å²) in [5.41, 5.74) is 0.448. The molecule has 2 heterocycles. The molecule has 0 saturated carbocycles. The molecule has 1 fully saturated rings. The van der Waals surface area contributed by atoms with Gasteiger partial charge in [0.2, 0.25) is 0 Å². The Kier molecular flexibility index (Phi) is 5.75. The van der Waals surface area contributed by atoms with Crippen molar-refractivity contribution in [2.24, 2.45) is 0 Å². The molecule has 3 rings (SSSR count). The Labute approximate surface area is 146 Å². The summed E-state index contributed by atoms with van der Waals surface area (Å²) in [6.45, 7) is 3.88. The Bertz CT molecular complexity index is 713. The lowest BCUT2D eigenvalue weighted by molar-refractivity contribution is -0.00413. The molecule has 0 N–H and O–H groups in total. The third-order valence-electron chi connectivity index (χ3n) is 4.17. The molecule has 1 aromatic carbocycles. The first-order valence-corrected chi connectivity index (χ1v) is 8.68. The third-order valence-corrected chi connectivity index (χ3v) is 4.17. The topological polar surface area (TPSA) is 68.5 Å². The van der Waals surface area contributed by atoms with Gasteiger partial charge in [0.05, 0.1) is 6.10 Å². The summed E-state index contributed by atoms with van der Waals surface area (Å²) in [6, 6.07) is 5.84. The van der Waals surface area contributed by atoms with E-state index in [1.807, 2.05) is 6.92 Å². The van der Waals surface area contributed by atoms with E-state index in [9.17, 15) is 9.18 Å². The predicted octanol–water partition coefficient (Wildman–Crippen LogP) is 3.30. The Morgan fingerprint density at radius 1 is 1.40 bits per heavy atom. The van der Waals surface area contributed by atoms with E-state index in [-0.39, 0.29) is 23.7 Å². The maximum Gasteiger partial charge on any atom is 0.295 e. The van der Waals surface area contributed by atoms with Crippen LogP contribution in [0, 0.1) is 5.82 Å². The molecule has 1 aromatic heterocycles. The van der Waals surface area contributed by atoms with Crippen molar-refractivity contribution in [3.05, 3.63) is 35.9 Å². The molecule has 1 saturated heterocycles. The molecule has 1 aliphatic heterocycles. The number of hydrogen-bond donors (Lipinski definition) is 0. The first-order chi connectivity index (χ1) is 12.2. The second-order valence-electron chi connectivity index (χ2n) is 6.17. The lowest BCUT2D eigenvalue weighted by atomic mass is 10.1. The van der Waals surface area contributed by atoms with E-state index in [4.69, 9.17) is 9.26 Å². The summed E-state index contributed by atoms with van der Waals surface area (Å²) < 4.78 is 24.2. The van der Waals surface area contributed by atoms with Crippen molar-refractivity contribution in [2.75, 3.05) is 19.7 Å². The zero-order chi connectivity index (χ0) is 17.6. The van der Waals surface area contributed by atoms with Crippen LogP contribution in [0.4, 0.5) is 4.39 Å². The lowest BCUT2D eigenvalue weighted by Crippen LogP contribution is -2.40. The van der Waals surface area contributed by atoms with E-state index in [0.29, 0.717) is 18.7 Å². The highest BCUT2D eigenvalue weighted by Gasteiger charge is 2.25. The second-order valence-corrected chi connectivity index (χ2v) is 6.17. The average Bonchev–Trinajstić information content (AvgIpc) is 3.12. The number of amides is 1. The molecule has 25 heavy (non-hydrogen) atoms. The van der Waals surface area contributed by atoms with Crippen LogP contribution < -0.4 is 0 Å². The number of carbonyl (C=O) groups is 1. The van der Waals surface area contributed by atoms with Crippen LogP contribution in [0.1, 0.15) is 43.2 Å². The highest BCUT2D eigenvalue weighted by molar-refractivity contribution is 5.90. The van der Waals surface area contributed by atoms with Crippen LogP contribution in [-0.4, -0.2) is 46.7 Å². The standard InChI is InChI=1S/C18H22FN3O3/c1-2-9-22(12-15-8-3-4-10-24-15)18(23)16-20-17(25-21-16)13-6-5-7-14(19)11-13/h5-7,11,15H,2-4,8-10,12H2,1H3. The number of hydrogen-bond acceptors (Lipinski definition) is 5. The summed E-state index contributed by atoms with van der Waals surface area (Å²) in [4.78, 5) is 18.6. The van der Waals surface area contributed by atoms with Crippen molar-refractivity contribution >= 4 is 5.91 Å². The number of halogens is 1. The first-order valence-electron chi connectivity index (χ1n) is 8.68. The fourth-order valence-electron chi connectivity index (χ4n) is 2.93. The van der Waals surface area contributed by atoms with Crippen LogP contribution in [-0.2, 0) is 4.74 Å². The Morgan fingerprint density at radius 2 is 2.28 bits per heavy atom. The van der Waals surface area contributed by atoms with Gasteiger partial charge in [-0.05, 0) is 43.9 Å². The van der Waals surface area contributed by atoms with Crippen molar-refractivity contribution in [1.82, 2.24) is 15.0 Å². The van der Waals surface area contributed by atoms with Crippen LogP contribution in [0.3, 0.4) is 0 Å². The zero-order valence-corrected chi connectivity index (χ0v) is 14.3. The molecule has 0 bridgehead atoms. The van der Waals surface area contributed by atoms with Crippen LogP contribution in [0.5, 0.6) is 0 Å². The SMILES string of the molecule is CCCN(CC1CCCCO1)C(=O)c1noc(-c2cccc(F)c2)n1. The minimum Gasteiger partial charge on any atom is -0.376 e. The number of aromatic nitrogens is 2. The summed E-state index contributed by atoms with van der Waals surface area (Å²) in [7, 11) is 0. The van der Waals surface area contributed by atoms with E-state index >= 15 is 0 Å². The van der Waals surface area contributed by atoms with E-state index in [1.54, 1.807) is 17.0 Å². The minimum atomic E-state index is -0.398. The van der Waals surface area contributed by atoms with Crippen molar-refractivity contribution in [1.29, 1.82) is 0 Å². The van der Waals surface area contributed by atoms with E-state index in [0.717, 1.165) is 32.3 Å². The van der Waals surface area contributed by atoms with Gasteiger partial charge in [0.25, 0.3) is 17.6 Å². The minimum absolute atomic E-state index is 0.0106. The van der Waals surface area contributed by atoms with Gasteiger partial charge in [-0.1, -0.05) is 18.1 Å². The molecule has 1 unspecified atom stereocenters. The fraction of sp³-hybridized carbons (Fsp3) is 0.500. The molecule has 0 radical (unpaired) electrons. The van der Waals surface area contributed by atoms with Crippen molar-refractivity contribution in [3.8, 4) is 11.5 Å². The zero-order valence-electron chi connectivity index (χ0n) is 14.3. The molecule has 7 heteroatoms. The smallest absolute Gasteiger partial charge is 0.295 e. The summed E-state index contributed by atoms with van der Waals surface area (Å²) in [5, 5.41) is 3.78. The van der Waals surface area contributed by atoms with Gasteiger partial charge in [-0.15, -0.1) is 0 Å². The molecule has 2 aromatic rings. The highest BCUT2D eigenvalue weighted by Crippen LogP contribution is 2.19. The maximum atomic E-state index is 13.3. The molecule has 0 aliphatic carbocycles. The molecular formula is C18H22FN3O3. The average molecular weight is 347 g/mol. The number of ether oxygens (including phenoxy) is 1. The van der Waals surface area contributed by atoms with Gasteiger partial charge in [-0.2, -0.15) is 4.98 Å². The molecule has 1 atom stereocenters. The molecule has 1 aliphatic rings. The molecular weight excluding hydrogens is 325 g/mol. The molecule has 6 nitrogen and oxygen atoms in total. The van der Waals surface area contributed by atoms with Gasteiger partial charge >= 0.3 is 0 Å². The predicted molar refractivity (Wildman–Crippen MR) is 89.5 cm³/mol. The van der Waals surface area contributed by atoms with Crippen molar-refractivity contribution in [3.63, 3.8) is 0 Å². The summed E-state index contributed by atoms with van der Waals surface area (Å²) in [6.07, 6.45) is 4.02. The van der Waals surface area contributed by atoms with E-state index in [2.05, 4.69) is 10.1 Å². The van der Waals surface area contributed by atoms with Gasteiger partial charge in [0.15, 0.2) is 0 Å². The van der Waals surface area contributed by atoms with E-state index in [1.165, 1.54) is 12.1 Å². The Hall–Kier alpha value is -2.28. The number of rotatable bonds is 6. The van der Waals surface area contributed by atoms with Crippen molar-refractivity contribution in [2.45, 2.75) is 38.7 Å². The van der Waals surface area contributed by atoms with Gasteiger partial charge in [-0.25, -0.2) is 4.39 Å². The molecule has 1 amide bonds.